The van der Waals surface area contributed by atoms with Gasteiger partial charge in [-0.3, -0.25) is 4.79 Å². The van der Waals surface area contributed by atoms with Crippen LogP contribution in [0.25, 0.3) is 0 Å². The summed E-state index contributed by atoms with van der Waals surface area (Å²) in [7, 11) is 0. The molecule has 0 saturated heterocycles. The number of nitrogens with two attached hydrogens (primary N) is 1. The van der Waals surface area contributed by atoms with E-state index in [4.69, 9.17) is 5.73 Å². The van der Waals surface area contributed by atoms with Crippen LogP contribution in [0.4, 0.5) is 0 Å². The lowest BCUT2D eigenvalue weighted by Crippen LogP contribution is -2.37. The number of amides is 1. The molecule has 0 aliphatic heterocycles. The van der Waals surface area contributed by atoms with Gasteiger partial charge in [0, 0.05) is 11.4 Å². The van der Waals surface area contributed by atoms with Crippen LogP contribution in [0.3, 0.4) is 0 Å². The van der Waals surface area contributed by atoms with Crippen molar-refractivity contribution >= 4 is 17.2 Å². The summed E-state index contributed by atoms with van der Waals surface area (Å²) >= 11 is 1.54. The van der Waals surface area contributed by atoms with Crippen LogP contribution in [0.1, 0.15) is 43.5 Å². The van der Waals surface area contributed by atoms with Crippen LogP contribution in [0, 0.1) is 11.8 Å². The van der Waals surface area contributed by atoms with E-state index in [-0.39, 0.29) is 5.91 Å². The zero-order valence-electron chi connectivity index (χ0n) is 10.9. The van der Waals surface area contributed by atoms with Gasteiger partial charge in [-0.2, -0.15) is 0 Å². The number of hydrogen-bond acceptors (Lipinski definition) is 3. The Morgan fingerprint density at radius 3 is 3.11 bits per heavy atom. The highest BCUT2D eigenvalue weighted by molar-refractivity contribution is 7.10. The molecule has 3 N–H and O–H groups in total. The highest BCUT2D eigenvalue weighted by Gasteiger charge is 2.21. The fraction of sp³-hybridized carbons (Fsp3) is 0.643. The van der Waals surface area contributed by atoms with Crippen LogP contribution < -0.4 is 11.1 Å². The fourth-order valence-corrected chi connectivity index (χ4v) is 3.42. The highest BCUT2D eigenvalue weighted by Crippen LogP contribution is 2.28. The van der Waals surface area contributed by atoms with Gasteiger partial charge in [0.1, 0.15) is 6.04 Å². The van der Waals surface area contributed by atoms with Crippen LogP contribution >= 0.6 is 11.3 Å². The molecule has 4 heteroatoms. The van der Waals surface area contributed by atoms with Gasteiger partial charge in [0.2, 0.25) is 5.91 Å². The Kier molecular flexibility index (Phi) is 4.78. The summed E-state index contributed by atoms with van der Waals surface area (Å²) in [6.07, 6.45) is 5.09. The van der Waals surface area contributed by atoms with Crippen molar-refractivity contribution < 1.29 is 4.79 Å². The number of nitrogens with one attached hydrogen (secondary N) is 1. The Balaban J connectivity index is 1.77. The Hall–Kier alpha value is -0.870. The summed E-state index contributed by atoms with van der Waals surface area (Å²) in [5.74, 6) is 1.38. The van der Waals surface area contributed by atoms with E-state index in [2.05, 4.69) is 12.2 Å². The van der Waals surface area contributed by atoms with Gasteiger partial charge < -0.3 is 11.1 Å². The van der Waals surface area contributed by atoms with Gasteiger partial charge in [-0.1, -0.05) is 25.8 Å². The lowest BCUT2D eigenvalue weighted by molar-refractivity contribution is -0.122. The first-order valence-corrected chi connectivity index (χ1v) is 7.61. The smallest absolute Gasteiger partial charge is 0.242 e. The standard InChI is InChI=1S/C14H22N2OS/c1-10-4-2-5-11(8-10)9-16-14(17)13(15)12-6-3-7-18-12/h3,6-7,10-11,13H,2,4-5,8-9,15H2,1H3,(H,16,17). The van der Waals surface area contributed by atoms with Crippen LogP contribution in [0.15, 0.2) is 17.5 Å². The first-order chi connectivity index (χ1) is 8.66. The number of rotatable bonds is 4. The molecule has 3 atom stereocenters. The predicted octanol–water partition coefficient (Wildman–Crippen LogP) is 2.69. The summed E-state index contributed by atoms with van der Waals surface area (Å²) in [6.45, 7) is 3.08. The zero-order chi connectivity index (χ0) is 13.0. The van der Waals surface area contributed by atoms with Crippen molar-refractivity contribution in [3.05, 3.63) is 22.4 Å². The molecule has 2 rings (SSSR count). The monoisotopic (exact) mass is 266 g/mol. The predicted molar refractivity (Wildman–Crippen MR) is 75.4 cm³/mol. The Morgan fingerprint density at radius 2 is 2.44 bits per heavy atom. The Bertz CT molecular complexity index is 377. The fourth-order valence-electron chi connectivity index (χ4n) is 2.70. The first kappa shape index (κ1) is 13.6. The van der Waals surface area contributed by atoms with Crippen molar-refractivity contribution in [3.63, 3.8) is 0 Å². The summed E-state index contributed by atoms with van der Waals surface area (Å²) in [5, 5.41) is 4.95. The lowest BCUT2D eigenvalue weighted by atomic mass is 9.82. The van der Waals surface area contributed by atoms with Gasteiger partial charge in [0.05, 0.1) is 0 Å². The molecule has 18 heavy (non-hydrogen) atoms. The summed E-state index contributed by atoms with van der Waals surface area (Å²) in [5.41, 5.74) is 5.92. The minimum Gasteiger partial charge on any atom is -0.354 e. The Labute approximate surface area is 113 Å². The van der Waals surface area contributed by atoms with Crippen molar-refractivity contribution in [3.8, 4) is 0 Å². The van der Waals surface area contributed by atoms with Crippen LogP contribution in [0.5, 0.6) is 0 Å². The average Bonchev–Trinajstić information content (AvgIpc) is 2.89. The van der Waals surface area contributed by atoms with Gasteiger partial charge >= 0.3 is 0 Å². The molecule has 1 fully saturated rings. The second kappa shape index (κ2) is 6.34. The molecule has 0 aromatic carbocycles. The maximum Gasteiger partial charge on any atom is 0.242 e. The van der Waals surface area contributed by atoms with E-state index in [1.54, 1.807) is 0 Å². The van der Waals surface area contributed by atoms with E-state index >= 15 is 0 Å². The molecule has 0 bridgehead atoms. The molecular formula is C14H22N2OS. The van der Waals surface area contributed by atoms with Gasteiger partial charge in [-0.15, -0.1) is 11.3 Å². The maximum absolute atomic E-state index is 11.9. The lowest BCUT2D eigenvalue weighted by Gasteiger charge is -2.27. The minimum atomic E-state index is -0.508. The number of thiophene rings is 1. The largest absolute Gasteiger partial charge is 0.354 e. The number of carbonyl (C=O) groups excluding carboxylic acids is 1. The van der Waals surface area contributed by atoms with E-state index in [0.29, 0.717) is 5.92 Å². The molecule has 1 aliphatic rings. The zero-order valence-corrected chi connectivity index (χ0v) is 11.7. The number of hydrogen-bond donors (Lipinski definition) is 2. The third-order valence-corrected chi connectivity index (χ3v) is 4.70. The number of carbonyl (C=O) groups is 1. The molecule has 0 radical (unpaired) electrons. The average molecular weight is 266 g/mol. The van der Waals surface area contributed by atoms with E-state index in [1.807, 2.05) is 17.5 Å². The SMILES string of the molecule is CC1CCCC(CNC(=O)C(N)c2cccs2)C1. The molecule has 1 saturated carbocycles. The maximum atomic E-state index is 11.9. The van der Waals surface area contributed by atoms with Gasteiger partial charge in [-0.05, 0) is 36.1 Å². The van der Waals surface area contributed by atoms with E-state index in [0.717, 1.165) is 17.3 Å². The summed E-state index contributed by atoms with van der Waals surface area (Å²) in [6, 6.07) is 3.33. The minimum absolute atomic E-state index is 0.0457. The van der Waals surface area contributed by atoms with Gasteiger partial charge in [0.15, 0.2) is 0 Å². The van der Waals surface area contributed by atoms with Gasteiger partial charge in [0.25, 0.3) is 0 Å². The molecule has 1 heterocycles. The summed E-state index contributed by atoms with van der Waals surface area (Å²) in [4.78, 5) is 12.9. The topological polar surface area (TPSA) is 55.1 Å². The van der Waals surface area contributed by atoms with Gasteiger partial charge in [-0.25, -0.2) is 0 Å². The van der Waals surface area contributed by atoms with Crippen LogP contribution in [-0.4, -0.2) is 12.5 Å². The third kappa shape index (κ3) is 3.56. The molecular weight excluding hydrogens is 244 g/mol. The molecule has 1 aliphatic carbocycles. The molecule has 1 aromatic rings. The van der Waals surface area contributed by atoms with Crippen molar-refractivity contribution in [2.75, 3.05) is 6.54 Å². The van der Waals surface area contributed by atoms with E-state index in [9.17, 15) is 4.79 Å². The molecule has 3 unspecified atom stereocenters. The van der Waals surface area contributed by atoms with E-state index in [1.165, 1.54) is 37.0 Å². The molecule has 100 valence electrons. The van der Waals surface area contributed by atoms with Crippen molar-refractivity contribution in [1.82, 2.24) is 5.32 Å². The highest BCUT2D eigenvalue weighted by atomic mass is 32.1. The molecule has 3 nitrogen and oxygen atoms in total. The first-order valence-electron chi connectivity index (χ1n) is 6.73. The second-order valence-corrected chi connectivity index (χ2v) is 6.36. The third-order valence-electron chi connectivity index (χ3n) is 3.74. The van der Waals surface area contributed by atoms with Crippen molar-refractivity contribution in [2.45, 2.75) is 38.6 Å². The molecule has 1 amide bonds. The van der Waals surface area contributed by atoms with E-state index < -0.39 is 6.04 Å². The van der Waals surface area contributed by atoms with Crippen LogP contribution in [-0.2, 0) is 4.79 Å². The van der Waals surface area contributed by atoms with Crippen molar-refractivity contribution in [1.29, 1.82) is 0 Å². The normalized spacial score (nSPS) is 25.7. The van der Waals surface area contributed by atoms with Crippen molar-refractivity contribution in [2.24, 2.45) is 17.6 Å². The quantitative estimate of drug-likeness (QED) is 0.880. The summed E-state index contributed by atoms with van der Waals surface area (Å²) < 4.78 is 0. The molecule has 0 spiro atoms. The van der Waals surface area contributed by atoms with Crippen LogP contribution in [0.2, 0.25) is 0 Å². The molecule has 1 aromatic heterocycles. The Morgan fingerprint density at radius 1 is 1.61 bits per heavy atom. The second-order valence-electron chi connectivity index (χ2n) is 5.38.